The Balaban J connectivity index is 2.14. The van der Waals surface area contributed by atoms with Gasteiger partial charge in [-0.25, -0.2) is 9.38 Å². The average Bonchev–Trinajstić information content (AvgIpc) is 2.76. The van der Waals surface area contributed by atoms with Crippen molar-refractivity contribution in [3.8, 4) is 0 Å². The molecule has 0 spiro atoms. The SMILES string of the molecule is OCC1(CO)CSC(Nc2ccccc2F)=N1. The highest BCUT2D eigenvalue weighted by Crippen LogP contribution is 2.28. The van der Waals surface area contributed by atoms with Gasteiger partial charge in [0.1, 0.15) is 11.4 Å². The second-order valence-electron chi connectivity index (χ2n) is 3.85. The molecule has 0 aromatic heterocycles. The third kappa shape index (κ3) is 2.59. The van der Waals surface area contributed by atoms with Crippen LogP contribution in [-0.2, 0) is 0 Å². The fraction of sp³-hybridized carbons (Fsp3) is 0.364. The number of benzene rings is 1. The lowest BCUT2D eigenvalue weighted by Gasteiger charge is -2.18. The van der Waals surface area contributed by atoms with Crippen molar-refractivity contribution in [1.82, 2.24) is 0 Å². The lowest BCUT2D eigenvalue weighted by molar-refractivity contribution is 0.140. The number of aliphatic hydroxyl groups is 2. The van der Waals surface area contributed by atoms with Crippen LogP contribution in [0.5, 0.6) is 0 Å². The molecule has 0 saturated carbocycles. The Kier molecular flexibility index (Phi) is 3.66. The molecule has 1 aromatic carbocycles. The number of aliphatic hydroxyl groups excluding tert-OH is 2. The highest BCUT2D eigenvalue weighted by molar-refractivity contribution is 8.14. The number of nitrogens with zero attached hydrogens (tertiary/aromatic N) is 1. The van der Waals surface area contributed by atoms with Gasteiger partial charge in [-0.3, -0.25) is 0 Å². The first-order valence-electron chi connectivity index (χ1n) is 5.15. The molecule has 92 valence electrons. The minimum atomic E-state index is -0.849. The van der Waals surface area contributed by atoms with Gasteiger partial charge in [-0.05, 0) is 12.1 Å². The fourth-order valence-corrected chi connectivity index (χ4v) is 2.53. The molecule has 0 bridgehead atoms. The number of rotatable bonds is 3. The van der Waals surface area contributed by atoms with Gasteiger partial charge in [0.05, 0.1) is 18.9 Å². The average molecular weight is 256 g/mol. The van der Waals surface area contributed by atoms with Crippen LogP contribution in [0.25, 0.3) is 0 Å². The quantitative estimate of drug-likeness (QED) is 0.756. The minimum Gasteiger partial charge on any atom is -0.394 e. The van der Waals surface area contributed by atoms with Crippen molar-refractivity contribution < 1.29 is 14.6 Å². The Hall–Kier alpha value is -1.11. The predicted molar refractivity (Wildman–Crippen MR) is 66.8 cm³/mol. The van der Waals surface area contributed by atoms with E-state index in [1.807, 2.05) is 0 Å². The van der Waals surface area contributed by atoms with E-state index in [9.17, 15) is 14.6 Å². The maximum atomic E-state index is 13.4. The first-order chi connectivity index (χ1) is 8.19. The zero-order valence-electron chi connectivity index (χ0n) is 9.06. The summed E-state index contributed by atoms with van der Waals surface area (Å²) in [5.74, 6) is 0.123. The van der Waals surface area contributed by atoms with Gasteiger partial charge in [0.25, 0.3) is 0 Å². The molecule has 1 heterocycles. The van der Waals surface area contributed by atoms with Crippen molar-refractivity contribution in [3.63, 3.8) is 0 Å². The van der Waals surface area contributed by atoms with Crippen LogP contribution in [0.2, 0.25) is 0 Å². The van der Waals surface area contributed by atoms with Crippen LogP contribution < -0.4 is 5.32 Å². The van der Waals surface area contributed by atoms with Crippen LogP contribution >= 0.6 is 11.8 Å². The van der Waals surface area contributed by atoms with E-state index in [4.69, 9.17) is 0 Å². The maximum absolute atomic E-state index is 13.4. The van der Waals surface area contributed by atoms with E-state index in [-0.39, 0.29) is 19.0 Å². The zero-order chi connectivity index (χ0) is 12.3. The molecule has 4 nitrogen and oxygen atoms in total. The summed E-state index contributed by atoms with van der Waals surface area (Å²) < 4.78 is 13.4. The highest BCUT2D eigenvalue weighted by atomic mass is 32.2. The molecule has 3 N–H and O–H groups in total. The molecule has 2 rings (SSSR count). The second kappa shape index (κ2) is 5.03. The summed E-state index contributed by atoms with van der Waals surface area (Å²) >= 11 is 1.35. The molecule has 1 aliphatic rings. The molecule has 0 atom stereocenters. The smallest absolute Gasteiger partial charge is 0.161 e. The summed E-state index contributed by atoms with van der Waals surface area (Å²) in [5.41, 5.74) is -0.511. The van der Waals surface area contributed by atoms with Crippen LogP contribution in [-0.4, -0.2) is 39.9 Å². The molecule has 0 saturated heterocycles. The monoisotopic (exact) mass is 256 g/mol. The van der Waals surface area contributed by atoms with E-state index in [0.29, 0.717) is 16.6 Å². The Morgan fingerprint density at radius 3 is 2.65 bits per heavy atom. The largest absolute Gasteiger partial charge is 0.394 e. The number of hydrogen-bond donors (Lipinski definition) is 3. The van der Waals surface area contributed by atoms with E-state index in [1.54, 1.807) is 18.2 Å². The number of hydrogen-bond acceptors (Lipinski definition) is 5. The molecule has 0 amide bonds. The lowest BCUT2D eigenvalue weighted by atomic mass is 10.1. The van der Waals surface area contributed by atoms with E-state index < -0.39 is 5.54 Å². The van der Waals surface area contributed by atoms with Crippen LogP contribution in [0, 0.1) is 5.82 Å². The summed E-state index contributed by atoms with van der Waals surface area (Å²) in [7, 11) is 0. The van der Waals surface area contributed by atoms with Gasteiger partial charge in [-0.2, -0.15) is 0 Å². The van der Waals surface area contributed by atoms with Crippen molar-refractivity contribution in [2.75, 3.05) is 24.3 Å². The number of thioether (sulfide) groups is 1. The van der Waals surface area contributed by atoms with Crippen molar-refractivity contribution in [2.24, 2.45) is 4.99 Å². The fourth-order valence-electron chi connectivity index (χ4n) is 1.44. The molecule has 0 fully saturated rings. The van der Waals surface area contributed by atoms with E-state index in [1.165, 1.54) is 17.8 Å². The number of amidine groups is 1. The summed E-state index contributed by atoms with van der Waals surface area (Å²) in [6.07, 6.45) is 0. The molecule has 17 heavy (non-hydrogen) atoms. The van der Waals surface area contributed by atoms with E-state index in [0.717, 1.165) is 0 Å². The lowest BCUT2D eigenvalue weighted by Crippen LogP contribution is -2.36. The van der Waals surface area contributed by atoms with Gasteiger partial charge in [-0.1, -0.05) is 23.9 Å². The summed E-state index contributed by atoms with van der Waals surface area (Å²) in [5, 5.41) is 21.7. The van der Waals surface area contributed by atoms with Crippen molar-refractivity contribution in [2.45, 2.75) is 5.54 Å². The van der Waals surface area contributed by atoms with Crippen molar-refractivity contribution in [3.05, 3.63) is 30.1 Å². The minimum absolute atomic E-state index is 0.223. The molecule has 1 aromatic rings. The second-order valence-corrected chi connectivity index (χ2v) is 4.82. The third-order valence-corrected chi connectivity index (χ3v) is 3.67. The Morgan fingerprint density at radius 2 is 2.06 bits per heavy atom. The van der Waals surface area contributed by atoms with Crippen molar-refractivity contribution >= 4 is 22.6 Å². The molecule has 0 aliphatic carbocycles. The number of nitrogens with one attached hydrogen (secondary N) is 1. The number of aliphatic imine (C=N–C) groups is 1. The van der Waals surface area contributed by atoms with Crippen LogP contribution in [0.4, 0.5) is 10.1 Å². The highest BCUT2D eigenvalue weighted by Gasteiger charge is 2.34. The Morgan fingerprint density at radius 1 is 1.35 bits per heavy atom. The molecule has 6 heteroatoms. The zero-order valence-corrected chi connectivity index (χ0v) is 9.88. The Bertz CT molecular complexity index is 435. The summed E-state index contributed by atoms with van der Waals surface area (Å²) in [4.78, 5) is 4.19. The Labute approximate surface area is 103 Å². The molecule has 0 unspecified atom stereocenters. The van der Waals surface area contributed by atoms with Crippen LogP contribution in [0.15, 0.2) is 29.3 Å². The maximum Gasteiger partial charge on any atom is 0.161 e. The van der Waals surface area contributed by atoms with Gasteiger partial charge >= 0.3 is 0 Å². The topological polar surface area (TPSA) is 64.8 Å². The van der Waals surface area contributed by atoms with Gasteiger partial charge < -0.3 is 15.5 Å². The summed E-state index contributed by atoms with van der Waals surface area (Å²) in [6.45, 7) is -0.447. The molecular formula is C11H13FN2O2S. The molecular weight excluding hydrogens is 243 g/mol. The van der Waals surface area contributed by atoms with Crippen molar-refractivity contribution in [1.29, 1.82) is 0 Å². The number of anilines is 1. The predicted octanol–water partition coefficient (Wildman–Crippen LogP) is 1.06. The number of para-hydroxylation sites is 1. The first kappa shape index (κ1) is 12.3. The van der Waals surface area contributed by atoms with Gasteiger partial charge in [0, 0.05) is 5.75 Å². The standard InChI is InChI=1S/C11H13FN2O2S/c12-8-3-1-2-4-9(8)13-10-14-11(5-15,6-16)7-17-10/h1-4,15-16H,5-7H2,(H,13,14). The van der Waals surface area contributed by atoms with Crippen LogP contribution in [0.1, 0.15) is 0 Å². The van der Waals surface area contributed by atoms with Gasteiger partial charge in [0.15, 0.2) is 5.17 Å². The number of halogens is 1. The molecule has 0 radical (unpaired) electrons. The third-order valence-electron chi connectivity index (χ3n) is 2.52. The van der Waals surface area contributed by atoms with Gasteiger partial charge in [0.2, 0.25) is 0 Å². The first-order valence-corrected chi connectivity index (χ1v) is 6.14. The van der Waals surface area contributed by atoms with E-state index in [2.05, 4.69) is 10.3 Å². The normalized spacial score (nSPS) is 17.9. The summed E-state index contributed by atoms with van der Waals surface area (Å²) in [6, 6.07) is 6.29. The molecule has 1 aliphatic heterocycles. The van der Waals surface area contributed by atoms with E-state index >= 15 is 0 Å². The van der Waals surface area contributed by atoms with Gasteiger partial charge in [-0.15, -0.1) is 0 Å². The van der Waals surface area contributed by atoms with Crippen LogP contribution in [0.3, 0.4) is 0 Å².